The lowest BCUT2D eigenvalue weighted by Gasteiger charge is -2.13. The number of aromatic nitrogens is 2. The Balaban J connectivity index is 0.000000247. The quantitative estimate of drug-likeness (QED) is 0.0156. The predicted molar refractivity (Wildman–Crippen MR) is 257 cm³/mol. The monoisotopic (exact) mass is 986 g/mol. The van der Waals surface area contributed by atoms with E-state index in [4.69, 9.17) is 9.05 Å². The number of unbranched alkanes of at least 4 members (excludes halogenated alkanes) is 6. The van der Waals surface area contributed by atoms with Crippen LogP contribution in [0, 0.1) is 20.2 Å². The minimum Gasteiger partial charge on any atom is -0.340 e. The fourth-order valence-electron chi connectivity index (χ4n) is 7.46. The van der Waals surface area contributed by atoms with Crippen molar-refractivity contribution in [2.45, 2.75) is 78.3 Å². The van der Waals surface area contributed by atoms with Crippen LogP contribution in [-0.2, 0) is 40.3 Å². The summed E-state index contributed by atoms with van der Waals surface area (Å²) in [7, 11) is 3.40. The number of aryl methyl sites for hydroxylation is 2. The van der Waals surface area contributed by atoms with Gasteiger partial charge < -0.3 is 31.8 Å². The van der Waals surface area contributed by atoms with Crippen molar-refractivity contribution in [3.8, 4) is 0 Å². The van der Waals surface area contributed by atoms with Crippen LogP contribution in [0.4, 0.5) is 11.4 Å². The Morgan fingerprint density at radius 1 is 0.578 bits per heavy atom. The summed E-state index contributed by atoms with van der Waals surface area (Å²) in [6, 6.07) is 21.0. The van der Waals surface area contributed by atoms with E-state index in [0.717, 1.165) is 101 Å². The number of nitro groups is 2. The van der Waals surface area contributed by atoms with Crippen LogP contribution in [0.2, 0.25) is 0 Å². The molecular formula is C45H57BrN4O12P2. The highest BCUT2D eigenvalue weighted by Gasteiger charge is 2.20. The van der Waals surface area contributed by atoms with E-state index in [0.29, 0.717) is 17.3 Å². The van der Waals surface area contributed by atoms with Crippen molar-refractivity contribution in [3.63, 3.8) is 0 Å². The molecule has 0 aliphatic rings. The number of alkyl halides is 1. The van der Waals surface area contributed by atoms with Crippen LogP contribution in [0.1, 0.15) is 85.9 Å². The highest BCUT2D eigenvalue weighted by Crippen LogP contribution is 2.47. The largest absolute Gasteiger partial charge is 0.340 e. The molecular weight excluding hydrogens is 930 g/mol. The summed E-state index contributed by atoms with van der Waals surface area (Å²) in [6.45, 7) is 4.64. The molecule has 0 radical (unpaired) electrons. The summed E-state index contributed by atoms with van der Waals surface area (Å²) < 4.78 is 40.4. The van der Waals surface area contributed by atoms with Gasteiger partial charge in [0.1, 0.15) is 0 Å². The standard InChI is InChI=1S/C22H27N2O6P.C20H21BrN2O3.C3H9O3P/c1-16(25)17-8-10-21-19(14-17)20-15-18(24(26)27)9-11-22(20)23(21)12-6-4-5-7-13-31(28,29-2)30-3;1-14(24)15-6-8-19-17(12-15)18-13-16(23(25)26)7-9-20(18)22(19)11-5-3-2-4-10-21;1-4-7(5-2)6-3/h8-11,14-15H,4-7,12-13H2,1-3H3;6-9,12-13H,2-5,10-11H2,1H3;1-3H3. The number of carbonyl (C=O) groups is 2. The molecule has 0 aliphatic carbocycles. The van der Waals surface area contributed by atoms with Gasteiger partial charge in [0.05, 0.1) is 16.0 Å². The Hall–Kier alpha value is -4.44. The minimum absolute atomic E-state index is 0.00648. The van der Waals surface area contributed by atoms with Crippen molar-refractivity contribution in [2.24, 2.45) is 0 Å². The normalized spacial score (nSPS) is 11.5. The number of nitro benzene ring substituents is 2. The molecule has 0 fully saturated rings. The molecule has 6 rings (SSSR count). The van der Waals surface area contributed by atoms with E-state index in [-0.39, 0.29) is 27.9 Å². The van der Waals surface area contributed by atoms with Gasteiger partial charge in [0.2, 0.25) is 0 Å². The number of hydrogen-bond donors (Lipinski definition) is 0. The molecule has 64 heavy (non-hydrogen) atoms. The first-order chi connectivity index (χ1) is 30.7. The van der Waals surface area contributed by atoms with Gasteiger partial charge in [-0.05, 0) is 88.1 Å². The molecule has 16 nitrogen and oxygen atoms in total. The van der Waals surface area contributed by atoms with E-state index in [1.807, 2.05) is 36.4 Å². The zero-order valence-electron chi connectivity index (χ0n) is 37.4. The van der Waals surface area contributed by atoms with Crippen molar-refractivity contribution < 1.29 is 46.6 Å². The smallest absolute Gasteiger partial charge is 0.331 e. The van der Waals surface area contributed by atoms with Crippen molar-refractivity contribution in [3.05, 3.63) is 104 Å². The summed E-state index contributed by atoms with van der Waals surface area (Å²) in [4.78, 5) is 45.2. The maximum atomic E-state index is 12.1. The van der Waals surface area contributed by atoms with Crippen LogP contribution >= 0.6 is 32.1 Å². The van der Waals surface area contributed by atoms with Gasteiger partial charge in [0, 0.05) is 133 Å². The van der Waals surface area contributed by atoms with Gasteiger partial charge in [0.15, 0.2) is 11.6 Å². The summed E-state index contributed by atoms with van der Waals surface area (Å²) in [5.41, 5.74) is 5.16. The van der Waals surface area contributed by atoms with Gasteiger partial charge in [0.25, 0.3) is 11.4 Å². The molecule has 0 unspecified atom stereocenters. The van der Waals surface area contributed by atoms with Gasteiger partial charge in [-0.3, -0.25) is 34.4 Å². The van der Waals surface area contributed by atoms with E-state index in [9.17, 15) is 34.4 Å². The number of carbonyl (C=O) groups excluding carboxylic acids is 2. The van der Waals surface area contributed by atoms with Gasteiger partial charge >= 0.3 is 16.2 Å². The van der Waals surface area contributed by atoms with Crippen molar-refractivity contribution >= 4 is 98.7 Å². The molecule has 2 heterocycles. The predicted octanol–water partition coefficient (Wildman–Crippen LogP) is 13.0. The first-order valence-electron chi connectivity index (χ1n) is 20.8. The van der Waals surface area contributed by atoms with Crippen LogP contribution in [0.3, 0.4) is 0 Å². The number of benzene rings is 4. The van der Waals surface area contributed by atoms with Crippen LogP contribution in [-0.4, -0.2) is 77.6 Å². The molecule has 2 aromatic heterocycles. The third-order valence-electron chi connectivity index (χ3n) is 10.8. The molecule has 0 bridgehead atoms. The second-order valence-electron chi connectivity index (χ2n) is 14.8. The Morgan fingerprint density at radius 2 is 0.938 bits per heavy atom. The summed E-state index contributed by atoms with van der Waals surface area (Å²) in [6.07, 6.45) is 8.43. The minimum atomic E-state index is -2.96. The second-order valence-corrected chi connectivity index (χ2v) is 19.5. The van der Waals surface area contributed by atoms with Crippen LogP contribution < -0.4 is 0 Å². The lowest BCUT2D eigenvalue weighted by atomic mass is 10.1. The first kappa shape index (κ1) is 52.2. The van der Waals surface area contributed by atoms with Crippen LogP contribution in [0.25, 0.3) is 43.6 Å². The van der Waals surface area contributed by atoms with Crippen LogP contribution in [0.5, 0.6) is 0 Å². The zero-order valence-corrected chi connectivity index (χ0v) is 40.7. The Labute approximate surface area is 382 Å². The molecule has 0 N–H and O–H groups in total. The summed E-state index contributed by atoms with van der Waals surface area (Å²) in [5, 5.41) is 26.8. The zero-order chi connectivity index (χ0) is 47.0. The number of rotatable bonds is 22. The molecule has 346 valence electrons. The molecule has 0 saturated heterocycles. The molecule has 0 amide bonds. The lowest BCUT2D eigenvalue weighted by molar-refractivity contribution is -0.384. The Kier molecular flexibility index (Phi) is 20.6. The number of non-ortho nitro benzene ring substituents is 2. The fraction of sp³-hybridized carbons (Fsp3) is 0.422. The average Bonchev–Trinajstić information content (AvgIpc) is 3.78. The summed E-state index contributed by atoms with van der Waals surface area (Å²) >= 11 is 3.45. The SMILES string of the molecule is CC(=O)c1ccc2c(c1)c1cc([N+](=O)[O-])ccc1n2CCCCCCBr.COP(=O)(CCCCCCn1c2ccc(C(C)=O)cc2c2cc([N+](=O)[O-])ccc21)OC.COP(OC)OC. The molecule has 0 spiro atoms. The van der Waals surface area contributed by atoms with E-state index in [2.05, 4.69) is 38.6 Å². The van der Waals surface area contributed by atoms with Gasteiger partial charge in [-0.2, -0.15) is 0 Å². The van der Waals surface area contributed by atoms with Crippen molar-refractivity contribution in [1.29, 1.82) is 0 Å². The first-order valence-corrected chi connectivity index (χ1v) is 24.7. The molecule has 6 aromatic rings. The van der Waals surface area contributed by atoms with Crippen LogP contribution in [0.15, 0.2) is 72.8 Å². The maximum absolute atomic E-state index is 12.1. The third-order valence-corrected chi connectivity index (χ3v) is 14.2. The fourth-order valence-corrected chi connectivity index (χ4v) is 9.43. The van der Waals surface area contributed by atoms with E-state index >= 15 is 0 Å². The summed E-state index contributed by atoms with van der Waals surface area (Å²) in [5.74, 6) is -0.0503. The number of nitrogens with zero attached hydrogens (tertiary/aromatic N) is 4. The number of ketones is 2. The highest BCUT2D eigenvalue weighted by atomic mass is 79.9. The van der Waals surface area contributed by atoms with Gasteiger partial charge in [-0.1, -0.05) is 41.6 Å². The van der Waals surface area contributed by atoms with Crippen molar-refractivity contribution in [2.75, 3.05) is 47.0 Å². The van der Waals surface area contributed by atoms with E-state index < -0.39 is 21.1 Å². The topological polar surface area (TPSA) is 193 Å². The molecule has 4 aromatic carbocycles. The number of Topliss-reactive ketones (excluding diaryl/α,β-unsaturated/α-hetero) is 2. The molecule has 0 atom stereocenters. The number of halogens is 1. The third kappa shape index (κ3) is 13.6. The second kappa shape index (κ2) is 25.3. The van der Waals surface area contributed by atoms with E-state index in [1.54, 1.807) is 51.7 Å². The maximum Gasteiger partial charge on any atom is 0.331 e. The average molecular weight is 988 g/mol. The van der Waals surface area contributed by atoms with Gasteiger partial charge in [-0.25, -0.2) is 0 Å². The molecule has 0 saturated carbocycles. The van der Waals surface area contributed by atoms with E-state index in [1.165, 1.54) is 47.0 Å². The highest BCUT2D eigenvalue weighted by molar-refractivity contribution is 9.09. The van der Waals surface area contributed by atoms with Gasteiger partial charge in [-0.15, -0.1) is 0 Å². The lowest BCUT2D eigenvalue weighted by Crippen LogP contribution is -1.99. The van der Waals surface area contributed by atoms with Crippen molar-refractivity contribution in [1.82, 2.24) is 9.13 Å². The Bertz CT molecular complexity index is 2450. The molecule has 19 heteroatoms. The number of fused-ring (bicyclic) bond motifs is 6. The Morgan fingerprint density at radius 3 is 1.27 bits per heavy atom. The molecule has 0 aliphatic heterocycles. The number of hydrogen-bond acceptors (Lipinski definition) is 12.